The highest BCUT2D eigenvalue weighted by Gasteiger charge is 2.23. The third kappa shape index (κ3) is 4.94. The minimum atomic E-state index is 0.537. The van der Waals surface area contributed by atoms with E-state index in [9.17, 15) is 0 Å². The molecule has 4 heterocycles. The molecule has 0 aliphatic rings. The summed E-state index contributed by atoms with van der Waals surface area (Å²) in [5.74, 6) is 1.72. The van der Waals surface area contributed by atoms with Crippen molar-refractivity contribution in [1.82, 2.24) is 19.5 Å². The van der Waals surface area contributed by atoms with Gasteiger partial charge in [0.25, 0.3) is 0 Å². The first-order chi connectivity index (χ1) is 28.2. The van der Waals surface area contributed by atoms with Crippen molar-refractivity contribution in [3.8, 4) is 51.0 Å². The van der Waals surface area contributed by atoms with Crippen LogP contribution in [0.15, 0.2) is 191 Å². The van der Waals surface area contributed by atoms with Gasteiger partial charge in [-0.2, -0.15) is 0 Å². The summed E-state index contributed by atoms with van der Waals surface area (Å²) in [6.07, 6.45) is 0. The topological polar surface area (TPSA) is 69.9 Å². The molecule has 0 saturated heterocycles. The summed E-state index contributed by atoms with van der Waals surface area (Å²) < 4.78 is 15.6. The molecule has 266 valence electrons. The molecule has 0 aliphatic heterocycles. The third-order valence-electron chi connectivity index (χ3n) is 11.1. The summed E-state index contributed by atoms with van der Waals surface area (Å²) in [5.41, 5.74) is 11.3. The molecule has 0 aliphatic carbocycles. The Balaban J connectivity index is 1.11. The average molecular weight is 731 g/mol. The number of nitrogens with zero attached hydrogens (tertiary/aromatic N) is 4. The van der Waals surface area contributed by atoms with Crippen molar-refractivity contribution in [2.45, 2.75) is 0 Å². The minimum absolute atomic E-state index is 0.537. The van der Waals surface area contributed by atoms with Crippen LogP contribution in [0, 0.1) is 0 Å². The lowest BCUT2D eigenvalue weighted by molar-refractivity contribution is 0.669. The number of para-hydroxylation sites is 3. The van der Waals surface area contributed by atoms with E-state index >= 15 is 0 Å². The predicted molar refractivity (Wildman–Crippen MR) is 230 cm³/mol. The summed E-state index contributed by atoms with van der Waals surface area (Å²) in [5, 5.41) is 6.44. The average Bonchev–Trinajstić information content (AvgIpc) is 3.95. The SMILES string of the molecule is c1ccc(-c2ccc(-c3nc(-c4ccccc4)nc(-c4ccc(-n5c6ccccc6c6cc7oc8ccccc8c7cc65)c5c4oc4ccccc45)n3)cc2)cc1. The van der Waals surface area contributed by atoms with E-state index in [2.05, 4.69) is 126 Å². The minimum Gasteiger partial charge on any atom is -0.456 e. The smallest absolute Gasteiger partial charge is 0.167 e. The van der Waals surface area contributed by atoms with E-state index in [1.807, 2.05) is 60.7 Å². The van der Waals surface area contributed by atoms with Crippen LogP contribution < -0.4 is 0 Å². The number of rotatable bonds is 5. The van der Waals surface area contributed by atoms with Crippen molar-refractivity contribution in [3.05, 3.63) is 182 Å². The van der Waals surface area contributed by atoms with Crippen molar-refractivity contribution < 1.29 is 8.83 Å². The number of hydrogen-bond acceptors (Lipinski definition) is 5. The first-order valence-electron chi connectivity index (χ1n) is 19.0. The highest BCUT2D eigenvalue weighted by atomic mass is 16.3. The van der Waals surface area contributed by atoms with Crippen LogP contribution in [0.3, 0.4) is 0 Å². The lowest BCUT2D eigenvalue weighted by Crippen LogP contribution is -2.01. The molecule has 0 atom stereocenters. The number of furan rings is 2. The lowest BCUT2D eigenvalue weighted by atomic mass is 10.0. The van der Waals surface area contributed by atoms with Gasteiger partial charge in [0.1, 0.15) is 22.3 Å². The van der Waals surface area contributed by atoms with Crippen LogP contribution in [0.5, 0.6) is 0 Å². The number of benzene rings is 8. The Morgan fingerprint density at radius 2 is 0.912 bits per heavy atom. The molecule has 6 nitrogen and oxygen atoms in total. The van der Waals surface area contributed by atoms with E-state index in [0.717, 1.165) is 93.6 Å². The largest absolute Gasteiger partial charge is 0.456 e. The molecule has 0 unspecified atom stereocenters. The molecule has 0 bridgehead atoms. The lowest BCUT2D eigenvalue weighted by Gasteiger charge is -2.13. The van der Waals surface area contributed by atoms with Crippen molar-refractivity contribution in [1.29, 1.82) is 0 Å². The second-order valence-electron chi connectivity index (χ2n) is 14.4. The fourth-order valence-electron chi connectivity index (χ4n) is 8.40. The number of fused-ring (bicyclic) bond motifs is 9. The Labute approximate surface area is 325 Å². The molecular formula is C51H30N4O2. The zero-order valence-corrected chi connectivity index (χ0v) is 30.4. The fraction of sp³-hybridized carbons (Fsp3) is 0. The third-order valence-corrected chi connectivity index (χ3v) is 11.1. The van der Waals surface area contributed by atoms with Gasteiger partial charge in [-0.1, -0.05) is 140 Å². The van der Waals surface area contributed by atoms with Gasteiger partial charge < -0.3 is 13.4 Å². The zero-order chi connectivity index (χ0) is 37.5. The van der Waals surface area contributed by atoms with Gasteiger partial charge in [-0.25, -0.2) is 15.0 Å². The summed E-state index contributed by atoms with van der Waals surface area (Å²) in [7, 11) is 0. The fourth-order valence-corrected chi connectivity index (χ4v) is 8.40. The van der Waals surface area contributed by atoms with E-state index in [1.165, 1.54) is 0 Å². The van der Waals surface area contributed by atoms with Crippen LogP contribution in [0.2, 0.25) is 0 Å². The first kappa shape index (κ1) is 31.5. The Hall–Kier alpha value is -7.83. The molecule has 0 radical (unpaired) electrons. The van der Waals surface area contributed by atoms with E-state index in [4.69, 9.17) is 23.8 Å². The monoisotopic (exact) mass is 730 g/mol. The molecule has 0 amide bonds. The first-order valence-corrected chi connectivity index (χ1v) is 19.0. The van der Waals surface area contributed by atoms with Gasteiger partial charge in [0.05, 0.1) is 27.7 Å². The summed E-state index contributed by atoms with van der Waals surface area (Å²) in [6, 6.07) is 62.6. The highest BCUT2D eigenvalue weighted by molar-refractivity contribution is 6.19. The van der Waals surface area contributed by atoms with Crippen LogP contribution in [0.25, 0.3) is 117 Å². The molecule has 4 aromatic heterocycles. The second-order valence-corrected chi connectivity index (χ2v) is 14.4. The van der Waals surface area contributed by atoms with Crippen LogP contribution in [0.1, 0.15) is 0 Å². The van der Waals surface area contributed by atoms with Gasteiger partial charge in [0.2, 0.25) is 0 Å². The normalized spacial score (nSPS) is 11.9. The van der Waals surface area contributed by atoms with Gasteiger partial charge in [0, 0.05) is 38.1 Å². The maximum atomic E-state index is 6.84. The van der Waals surface area contributed by atoms with Gasteiger partial charge in [-0.05, 0) is 53.6 Å². The predicted octanol–water partition coefficient (Wildman–Crippen LogP) is 13.4. The molecule has 6 heteroatoms. The van der Waals surface area contributed by atoms with E-state index < -0.39 is 0 Å². The Morgan fingerprint density at radius 1 is 0.351 bits per heavy atom. The Kier molecular flexibility index (Phi) is 6.83. The molecular weight excluding hydrogens is 701 g/mol. The molecule has 57 heavy (non-hydrogen) atoms. The van der Waals surface area contributed by atoms with Crippen molar-refractivity contribution >= 4 is 65.7 Å². The van der Waals surface area contributed by atoms with Crippen molar-refractivity contribution in [3.63, 3.8) is 0 Å². The molecule has 8 aromatic carbocycles. The van der Waals surface area contributed by atoms with Crippen LogP contribution >= 0.6 is 0 Å². The van der Waals surface area contributed by atoms with E-state index in [0.29, 0.717) is 23.1 Å². The molecule has 0 spiro atoms. The van der Waals surface area contributed by atoms with Gasteiger partial charge >= 0.3 is 0 Å². The quantitative estimate of drug-likeness (QED) is 0.176. The van der Waals surface area contributed by atoms with Gasteiger partial charge in [-0.3, -0.25) is 0 Å². The highest BCUT2D eigenvalue weighted by Crippen LogP contribution is 2.44. The van der Waals surface area contributed by atoms with Crippen LogP contribution in [-0.2, 0) is 0 Å². The summed E-state index contributed by atoms with van der Waals surface area (Å²) >= 11 is 0. The number of aromatic nitrogens is 4. The number of hydrogen-bond donors (Lipinski definition) is 0. The van der Waals surface area contributed by atoms with Gasteiger partial charge in [-0.15, -0.1) is 0 Å². The summed E-state index contributed by atoms with van der Waals surface area (Å²) in [4.78, 5) is 15.3. The molecule has 12 aromatic rings. The standard InChI is InChI=1S/C51H30N4O2/c1-3-13-31(14-4-1)32-23-25-34(26-24-32)50-52-49(33-15-5-2-6-16-33)53-51(54-50)38-27-28-42(47-37-19-9-12-22-45(37)57-48(38)47)55-41-20-10-7-17-35(41)39-30-46-40(29-43(39)55)36-18-8-11-21-44(36)56-46/h1-30H. The Morgan fingerprint density at radius 3 is 1.67 bits per heavy atom. The maximum absolute atomic E-state index is 6.84. The zero-order valence-electron chi connectivity index (χ0n) is 30.4. The van der Waals surface area contributed by atoms with Crippen molar-refractivity contribution in [2.24, 2.45) is 0 Å². The van der Waals surface area contributed by atoms with Crippen LogP contribution in [-0.4, -0.2) is 19.5 Å². The second kappa shape index (κ2) is 12.3. The van der Waals surface area contributed by atoms with E-state index in [-0.39, 0.29) is 0 Å². The molecule has 0 N–H and O–H groups in total. The van der Waals surface area contributed by atoms with E-state index in [1.54, 1.807) is 0 Å². The molecule has 12 rings (SSSR count). The Bertz CT molecular complexity index is 3510. The van der Waals surface area contributed by atoms with Crippen LogP contribution in [0.4, 0.5) is 0 Å². The maximum Gasteiger partial charge on any atom is 0.167 e. The molecule has 0 saturated carbocycles. The van der Waals surface area contributed by atoms with Crippen molar-refractivity contribution in [2.75, 3.05) is 0 Å². The van der Waals surface area contributed by atoms with Gasteiger partial charge in [0.15, 0.2) is 17.5 Å². The summed E-state index contributed by atoms with van der Waals surface area (Å²) in [6.45, 7) is 0. The molecule has 0 fully saturated rings.